The average Bonchev–Trinajstić information content (AvgIpc) is 2.48. The summed E-state index contributed by atoms with van der Waals surface area (Å²) in [4.78, 5) is 14.1. The summed E-state index contributed by atoms with van der Waals surface area (Å²) in [5.41, 5.74) is 2.54. The zero-order chi connectivity index (χ0) is 13.7. The minimum atomic E-state index is 0.0219. The second-order valence-electron chi connectivity index (χ2n) is 5.37. The van der Waals surface area contributed by atoms with Crippen LogP contribution in [0.3, 0.4) is 0 Å². The fraction of sp³-hybridized carbons (Fsp3) is 0.562. The molecule has 1 aromatic carbocycles. The van der Waals surface area contributed by atoms with Crippen LogP contribution >= 0.6 is 0 Å². The summed E-state index contributed by atoms with van der Waals surface area (Å²) in [5.74, 6) is 0.222. The third kappa shape index (κ3) is 3.80. The zero-order valence-corrected chi connectivity index (χ0v) is 12.0. The maximum Gasteiger partial charge on any atom is 0.239 e. The van der Waals surface area contributed by atoms with Crippen molar-refractivity contribution in [3.05, 3.63) is 35.4 Å². The van der Waals surface area contributed by atoms with Gasteiger partial charge in [0.1, 0.15) is 0 Å². The number of hydrogen-bond acceptors (Lipinski definition) is 2. The van der Waals surface area contributed by atoms with Crippen molar-refractivity contribution < 1.29 is 4.79 Å². The van der Waals surface area contributed by atoms with E-state index in [9.17, 15) is 4.79 Å². The Kier molecular flexibility index (Phi) is 4.97. The van der Waals surface area contributed by atoms with Gasteiger partial charge in [0.2, 0.25) is 5.91 Å². The molecular formula is C16H24N2O. The lowest BCUT2D eigenvalue weighted by Gasteiger charge is -2.27. The molecule has 1 aliphatic rings. The van der Waals surface area contributed by atoms with Gasteiger partial charge in [0.05, 0.1) is 6.04 Å². The number of rotatable bonds is 4. The molecule has 0 saturated carbocycles. The number of nitrogens with zero attached hydrogens (tertiary/aromatic N) is 1. The van der Waals surface area contributed by atoms with E-state index in [-0.39, 0.29) is 11.9 Å². The molecule has 19 heavy (non-hydrogen) atoms. The van der Waals surface area contributed by atoms with Gasteiger partial charge >= 0.3 is 0 Å². The average molecular weight is 260 g/mol. The minimum absolute atomic E-state index is 0.0219. The molecule has 3 nitrogen and oxygen atoms in total. The lowest BCUT2D eigenvalue weighted by Crippen LogP contribution is -2.46. The maximum atomic E-state index is 12.3. The van der Waals surface area contributed by atoms with Crippen LogP contribution in [0.1, 0.15) is 37.3 Å². The van der Waals surface area contributed by atoms with Crippen molar-refractivity contribution in [2.75, 3.05) is 13.6 Å². The fourth-order valence-electron chi connectivity index (χ4n) is 2.56. The van der Waals surface area contributed by atoms with Crippen molar-refractivity contribution in [3.63, 3.8) is 0 Å². The van der Waals surface area contributed by atoms with Crippen LogP contribution in [0, 0.1) is 0 Å². The van der Waals surface area contributed by atoms with Crippen molar-refractivity contribution in [2.45, 2.75) is 45.2 Å². The van der Waals surface area contributed by atoms with Crippen molar-refractivity contribution in [1.82, 2.24) is 10.2 Å². The number of carbonyl (C=O) groups excluding carboxylic acids is 1. The lowest BCUT2D eigenvalue weighted by atomic mass is 10.0. The molecule has 1 amide bonds. The maximum absolute atomic E-state index is 12.3. The SMILES string of the molecule is CCc1ccc(CN(C)C(=O)[C@H]2CCCCN2)cc1. The van der Waals surface area contributed by atoms with Gasteiger partial charge in [0, 0.05) is 13.6 Å². The van der Waals surface area contributed by atoms with Crippen LogP contribution in [0.25, 0.3) is 0 Å². The summed E-state index contributed by atoms with van der Waals surface area (Å²) in [7, 11) is 1.90. The van der Waals surface area contributed by atoms with Gasteiger partial charge in [0.25, 0.3) is 0 Å². The Morgan fingerprint density at radius 3 is 2.53 bits per heavy atom. The molecule has 1 aliphatic heterocycles. The number of amides is 1. The Morgan fingerprint density at radius 1 is 1.26 bits per heavy atom. The second kappa shape index (κ2) is 6.71. The first-order valence-corrected chi connectivity index (χ1v) is 7.27. The van der Waals surface area contributed by atoms with E-state index < -0.39 is 0 Å². The van der Waals surface area contributed by atoms with Gasteiger partial charge in [-0.2, -0.15) is 0 Å². The summed E-state index contributed by atoms with van der Waals surface area (Å²) in [5, 5.41) is 3.31. The number of piperidine rings is 1. The first-order valence-electron chi connectivity index (χ1n) is 7.27. The number of likely N-dealkylation sites (N-methyl/N-ethyl adjacent to an activating group) is 1. The molecule has 2 rings (SSSR count). The zero-order valence-electron chi connectivity index (χ0n) is 12.0. The molecule has 1 aromatic rings. The van der Waals surface area contributed by atoms with E-state index in [1.54, 1.807) is 0 Å². The molecule has 104 valence electrons. The largest absolute Gasteiger partial charge is 0.340 e. The highest BCUT2D eigenvalue weighted by Gasteiger charge is 2.23. The Labute approximate surface area is 116 Å². The van der Waals surface area contributed by atoms with E-state index in [4.69, 9.17) is 0 Å². The lowest BCUT2D eigenvalue weighted by molar-refractivity contribution is -0.133. The van der Waals surface area contributed by atoms with E-state index in [0.717, 1.165) is 25.8 Å². The number of hydrogen-bond donors (Lipinski definition) is 1. The summed E-state index contributed by atoms with van der Waals surface area (Å²) in [6.45, 7) is 3.82. The standard InChI is InChI=1S/C16H24N2O/c1-3-13-7-9-14(10-8-13)12-18(2)16(19)15-6-4-5-11-17-15/h7-10,15,17H,3-6,11-12H2,1-2H3/t15-/m1/s1. The predicted octanol–water partition coefficient (Wildman–Crippen LogP) is 2.35. The summed E-state index contributed by atoms with van der Waals surface area (Å²) in [6, 6.07) is 8.56. The van der Waals surface area contributed by atoms with Crippen LogP contribution in [0.5, 0.6) is 0 Å². The van der Waals surface area contributed by atoms with Crippen molar-refractivity contribution in [3.8, 4) is 0 Å². The van der Waals surface area contributed by atoms with E-state index in [0.29, 0.717) is 6.54 Å². The number of benzene rings is 1. The van der Waals surface area contributed by atoms with E-state index in [2.05, 4.69) is 36.5 Å². The Balaban J connectivity index is 1.91. The Hall–Kier alpha value is -1.35. The molecule has 0 spiro atoms. The van der Waals surface area contributed by atoms with Gasteiger partial charge in [0.15, 0.2) is 0 Å². The molecular weight excluding hydrogens is 236 g/mol. The normalized spacial score (nSPS) is 19.2. The number of carbonyl (C=O) groups is 1. The Morgan fingerprint density at radius 2 is 1.95 bits per heavy atom. The van der Waals surface area contributed by atoms with Crippen LogP contribution in [0.4, 0.5) is 0 Å². The van der Waals surface area contributed by atoms with Crippen LogP contribution in [-0.2, 0) is 17.8 Å². The molecule has 1 saturated heterocycles. The molecule has 0 aromatic heterocycles. The minimum Gasteiger partial charge on any atom is -0.340 e. The molecule has 0 radical (unpaired) electrons. The summed E-state index contributed by atoms with van der Waals surface area (Å²) in [6.07, 6.45) is 4.37. The second-order valence-corrected chi connectivity index (χ2v) is 5.37. The Bertz CT molecular complexity index is 407. The first kappa shape index (κ1) is 14.1. The summed E-state index contributed by atoms with van der Waals surface area (Å²) >= 11 is 0. The molecule has 0 unspecified atom stereocenters. The highest BCUT2D eigenvalue weighted by molar-refractivity contribution is 5.81. The van der Waals surface area contributed by atoms with Crippen molar-refractivity contribution >= 4 is 5.91 Å². The summed E-state index contributed by atoms with van der Waals surface area (Å²) < 4.78 is 0. The fourth-order valence-corrected chi connectivity index (χ4v) is 2.56. The molecule has 0 bridgehead atoms. The van der Waals surface area contributed by atoms with Gasteiger partial charge in [-0.25, -0.2) is 0 Å². The first-order chi connectivity index (χ1) is 9.20. The monoisotopic (exact) mass is 260 g/mol. The molecule has 1 N–H and O–H groups in total. The van der Waals surface area contributed by atoms with Crippen LogP contribution in [-0.4, -0.2) is 30.4 Å². The van der Waals surface area contributed by atoms with Crippen LogP contribution in [0.2, 0.25) is 0 Å². The predicted molar refractivity (Wildman–Crippen MR) is 77.9 cm³/mol. The molecule has 0 aliphatic carbocycles. The van der Waals surface area contributed by atoms with Gasteiger partial charge in [-0.3, -0.25) is 4.79 Å². The van der Waals surface area contributed by atoms with Gasteiger partial charge < -0.3 is 10.2 Å². The molecule has 3 heteroatoms. The molecule has 1 fully saturated rings. The van der Waals surface area contributed by atoms with E-state index in [1.165, 1.54) is 17.5 Å². The van der Waals surface area contributed by atoms with Crippen LogP contribution < -0.4 is 5.32 Å². The smallest absolute Gasteiger partial charge is 0.239 e. The van der Waals surface area contributed by atoms with Crippen molar-refractivity contribution in [2.24, 2.45) is 0 Å². The van der Waals surface area contributed by atoms with Crippen LogP contribution in [0.15, 0.2) is 24.3 Å². The highest BCUT2D eigenvalue weighted by Crippen LogP contribution is 2.12. The van der Waals surface area contributed by atoms with Gasteiger partial charge in [-0.05, 0) is 36.9 Å². The molecule has 1 atom stereocenters. The van der Waals surface area contributed by atoms with E-state index >= 15 is 0 Å². The van der Waals surface area contributed by atoms with E-state index in [1.807, 2.05) is 11.9 Å². The van der Waals surface area contributed by atoms with Gasteiger partial charge in [-0.15, -0.1) is 0 Å². The number of aryl methyl sites for hydroxylation is 1. The third-order valence-electron chi connectivity index (χ3n) is 3.84. The van der Waals surface area contributed by atoms with Crippen molar-refractivity contribution in [1.29, 1.82) is 0 Å². The number of nitrogens with one attached hydrogen (secondary N) is 1. The van der Waals surface area contributed by atoms with Gasteiger partial charge in [-0.1, -0.05) is 37.6 Å². The topological polar surface area (TPSA) is 32.3 Å². The third-order valence-corrected chi connectivity index (χ3v) is 3.84. The molecule has 1 heterocycles. The highest BCUT2D eigenvalue weighted by atomic mass is 16.2. The quantitative estimate of drug-likeness (QED) is 0.901.